The third-order valence-corrected chi connectivity index (χ3v) is 2.89. The molecule has 2 rings (SSSR count). The predicted molar refractivity (Wildman–Crippen MR) is 76.8 cm³/mol. The van der Waals surface area contributed by atoms with Crippen molar-refractivity contribution in [1.29, 1.82) is 0 Å². The van der Waals surface area contributed by atoms with Crippen LogP contribution in [-0.2, 0) is 4.74 Å². The summed E-state index contributed by atoms with van der Waals surface area (Å²) in [4.78, 5) is 12.0. The summed E-state index contributed by atoms with van der Waals surface area (Å²) in [6.45, 7) is 1.77. The molecule has 0 saturated heterocycles. The Bertz CT molecular complexity index is 593. The van der Waals surface area contributed by atoms with Crippen molar-refractivity contribution < 1.29 is 19.2 Å². The molecule has 0 saturated carbocycles. The second-order valence-corrected chi connectivity index (χ2v) is 5.06. The molecule has 2 N–H and O–H groups in total. The number of nitrogens with one attached hydrogen (secondary N) is 1. The molecule has 0 fully saturated rings. The maximum absolute atomic E-state index is 12.0. The zero-order valence-electron chi connectivity index (χ0n) is 12.0. The molecule has 0 aliphatic rings. The van der Waals surface area contributed by atoms with Gasteiger partial charge in [-0.1, -0.05) is 35.5 Å². The Morgan fingerprint density at radius 3 is 2.81 bits per heavy atom. The van der Waals surface area contributed by atoms with Crippen LogP contribution in [0.2, 0.25) is 0 Å². The van der Waals surface area contributed by atoms with Gasteiger partial charge in [0.1, 0.15) is 5.60 Å². The van der Waals surface area contributed by atoms with E-state index in [1.54, 1.807) is 13.0 Å². The molecule has 0 aliphatic carbocycles. The number of ether oxygens (including phenoxy) is 1. The molecule has 1 heterocycles. The van der Waals surface area contributed by atoms with Gasteiger partial charge >= 0.3 is 0 Å². The van der Waals surface area contributed by atoms with Crippen molar-refractivity contribution in [3.8, 4) is 11.3 Å². The largest absolute Gasteiger partial charge is 0.386 e. The summed E-state index contributed by atoms with van der Waals surface area (Å²) in [5.41, 5.74) is -0.117. The highest BCUT2D eigenvalue weighted by molar-refractivity contribution is 5.93. The third kappa shape index (κ3) is 4.14. The van der Waals surface area contributed by atoms with E-state index in [0.717, 1.165) is 5.56 Å². The Hall–Kier alpha value is -2.18. The Morgan fingerprint density at radius 2 is 2.14 bits per heavy atom. The molecular weight excluding hydrogens is 272 g/mol. The number of benzene rings is 1. The zero-order chi connectivity index (χ0) is 15.3. The van der Waals surface area contributed by atoms with Crippen LogP contribution in [0.3, 0.4) is 0 Å². The van der Waals surface area contributed by atoms with E-state index in [1.807, 2.05) is 30.3 Å². The van der Waals surface area contributed by atoms with Crippen molar-refractivity contribution >= 4 is 5.91 Å². The van der Waals surface area contributed by atoms with E-state index in [0.29, 0.717) is 5.76 Å². The molecule has 6 nitrogen and oxygen atoms in total. The second kappa shape index (κ2) is 6.51. The van der Waals surface area contributed by atoms with Crippen LogP contribution in [0.5, 0.6) is 0 Å². The third-order valence-electron chi connectivity index (χ3n) is 2.89. The van der Waals surface area contributed by atoms with Crippen molar-refractivity contribution in [2.45, 2.75) is 12.5 Å². The smallest absolute Gasteiger partial charge is 0.273 e. The Labute approximate surface area is 122 Å². The Balaban J connectivity index is 2.00. The van der Waals surface area contributed by atoms with Crippen LogP contribution in [0, 0.1) is 0 Å². The minimum Gasteiger partial charge on any atom is -0.386 e. The Kier molecular flexibility index (Phi) is 4.72. The first-order chi connectivity index (χ1) is 10.0. The SMILES string of the molecule is COC[C@](C)(O)CNC(=O)c1cc(-c2ccccc2)on1. The van der Waals surface area contributed by atoms with E-state index in [2.05, 4.69) is 10.5 Å². The number of aliphatic hydroxyl groups is 1. The topological polar surface area (TPSA) is 84.6 Å². The number of hydrogen-bond donors (Lipinski definition) is 2. The lowest BCUT2D eigenvalue weighted by Gasteiger charge is -2.22. The molecule has 0 radical (unpaired) electrons. The van der Waals surface area contributed by atoms with Crippen molar-refractivity contribution in [1.82, 2.24) is 10.5 Å². The number of amides is 1. The summed E-state index contributed by atoms with van der Waals surface area (Å²) in [7, 11) is 1.49. The maximum Gasteiger partial charge on any atom is 0.273 e. The van der Waals surface area contributed by atoms with Gasteiger partial charge in [-0.25, -0.2) is 0 Å². The maximum atomic E-state index is 12.0. The lowest BCUT2D eigenvalue weighted by Crippen LogP contribution is -2.43. The summed E-state index contributed by atoms with van der Waals surface area (Å²) < 4.78 is 10.0. The number of carbonyl (C=O) groups is 1. The van der Waals surface area contributed by atoms with Gasteiger partial charge in [-0.05, 0) is 6.92 Å². The van der Waals surface area contributed by atoms with Crippen LogP contribution in [-0.4, -0.2) is 42.0 Å². The monoisotopic (exact) mass is 290 g/mol. The molecule has 1 aromatic heterocycles. The number of carbonyl (C=O) groups excluding carboxylic acids is 1. The minimum atomic E-state index is -1.13. The highest BCUT2D eigenvalue weighted by Gasteiger charge is 2.22. The van der Waals surface area contributed by atoms with Crippen LogP contribution < -0.4 is 5.32 Å². The van der Waals surface area contributed by atoms with Crippen LogP contribution in [0.1, 0.15) is 17.4 Å². The molecule has 1 amide bonds. The normalized spacial score (nSPS) is 13.7. The standard InChI is InChI=1S/C15H18N2O4/c1-15(19,10-20-2)9-16-14(18)12-8-13(21-17-12)11-6-4-3-5-7-11/h3-8,19H,9-10H2,1-2H3,(H,16,18)/t15-/m1/s1. The van der Waals surface area contributed by atoms with E-state index < -0.39 is 11.5 Å². The second-order valence-electron chi connectivity index (χ2n) is 5.06. The summed E-state index contributed by atoms with van der Waals surface area (Å²) in [5, 5.41) is 16.2. The molecule has 21 heavy (non-hydrogen) atoms. The summed E-state index contributed by atoms with van der Waals surface area (Å²) in [6.07, 6.45) is 0. The number of rotatable bonds is 6. The first-order valence-electron chi connectivity index (χ1n) is 6.53. The molecule has 112 valence electrons. The van der Waals surface area contributed by atoms with Gasteiger partial charge in [0.25, 0.3) is 5.91 Å². The van der Waals surface area contributed by atoms with E-state index in [-0.39, 0.29) is 18.8 Å². The van der Waals surface area contributed by atoms with Crippen LogP contribution in [0.4, 0.5) is 0 Å². The quantitative estimate of drug-likeness (QED) is 0.841. The van der Waals surface area contributed by atoms with Crippen molar-refractivity contribution in [2.75, 3.05) is 20.3 Å². The fourth-order valence-corrected chi connectivity index (χ4v) is 1.84. The highest BCUT2D eigenvalue weighted by Crippen LogP contribution is 2.19. The summed E-state index contributed by atoms with van der Waals surface area (Å²) in [5.74, 6) is 0.113. The lowest BCUT2D eigenvalue weighted by molar-refractivity contribution is -0.0147. The van der Waals surface area contributed by atoms with Gasteiger partial charge < -0.3 is 19.7 Å². The van der Waals surface area contributed by atoms with Crippen molar-refractivity contribution in [3.05, 3.63) is 42.1 Å². The summed E-state index contributed by atoms with van der Waals surface area (Å²) >= 11 is 0. The minimum absolute atomic E-state index is 0.0627. The van der Waals surface area contributed by atoms with Gasteiger partial charge in [0.05, 0.1) is 6.61 Å². The first-order valence-corrected chi connectivity index (χ1v) is 6.53. The molecular formula is C15H18N2O4. The van der Waals surface area contributed by atoms with Gasteiger partial charge in [-0.2, -0.15) is 0 Å². The molecule has 1 aromatic carbocycles. The molecule has 6 heteroatoms. The average molecular weight is 290 g/mol. The molecule has 0 bridgehead atoms. The van der Waals surface area contributed by atoms with Crippen molar-refractivity contribution in [2.24, 2.45) is 0 Å². The molecule has 0 spiro atoms. The van der Waals surface area contributed by atoms with E-state index in [9.17, 15) is 9.90 Å². The van der Waals surface area contributed by atoms with Crippen LogP contribution in [0.15, 0.2) is 40.9 Å². The number of methoxy groups -OCH3 is 1. The van der Waals surface area contributed by atoms with Gasteiger partial charge in [0.2, 0.25) is 0 Å². The molecule has 1 atom stereocenters. The molecule has 2 aromatic rings. The molecule has 0 aliphatic heterocycles. The average Bonchev–Trinajstić information content (AvgIpc) is 2.96. The van der Waals surface area contributed by atoms with Gasteiger partial charge in [0.15, 0.2) is 11.5 Å². The predicted octanol–water partition coefficient (Wildman–Crippen LogP) is 1.47. The van der Waals surface area contributed by atoms with Crippen LogP contribution in [0.25, 0.3) is 11.3 Å². The van der Waals surface area contributed by atoms with Crippen LogP contribution >= 0.6 is 0 Å². The van der Waals surface area contributed by atoms with E-state index >= 15 is 0 Å². The Morgan fingerprint density at radius 1 is 1.43 bits per heavy atom. The number of aromatic nitrogens is 1. The first kappa shape index (κ1) is 15.2. The summed E-state index contributed by atoms with van der Waals surface area (Å²) in [6, 6.07) is 10.9. The fourth-order valence-electron chi connectivity index (χ4n) is 1.84. The fraction of sp³-hybridized carbons (Fsp3) is 0.333. The molecule has 0 unspecified atom stereocenters. The zero-order valence-corrected chi connectivity index (χ0v) is 12.0. The van der Waals surface area contributed by atoms with E-state index in [1.165, 1.54) is 7.11 Å². The van der Waals surface area contributed by atoms with Gasteiger partial charge in [0, 0.05) is 25.3 Å². The van der Waals surface area contributed by atoms with Crippen molar-refractivity contribution in [3.63, 3.8) is 0 Å². The lowest BCUT2D eigenvalue weighted by atomic mass is 10.1. The number of hydrogen-bond acceptors (Lipinski definition) is 5. The van der Waals surface area contributed by atoms with Gasteiger partial charge in [-0.15, -0.1) is 0 Å². The number of nitrogens with zero attached hydrogens (tertiary/aromatic N) is 1. The van der Waals surface area contributed by atoms with Gasteiger partial charge in [-0.3, -0.25) is 4.79 Å². The van der Waals surface area contributed by atoms with E-state index in [4.69, 9.17) is 9.26 Å². The highest BCUT2D eigenvalue weighted by atomic mass is 16.5.